The molecule has 0 aromatic carbocycles. The highest BCUT2D eigenvalue weighted by molar-refractivity contribution is 7.99. The van der Waals surface area contributed by atoms with E-state index in [-0.39, 0.29) is 5.91 Å². The first kappa shape index (κ1) is 13.3. The maximum absolute atomic E-state index is 11.8. The first-order chi connectivity index (χ1) is 7.56. The van der Waals surface area contributed by atoms with Crippen molar-refractivity contribution in [3.05, 3.63) is 0 Å². The fourth-order valence-corrected chi connectivity index (χ4v) is 2.70. The van der Waals surface area contributed by atoms with Crippen molar-refractivity contribution >= 4 is 23.6 Å². The van der Waals surface area contributed by atoms with E-state index in [0.29, 0.717) is 30.5 Å². The van der Waals surface area contributed by atoms with E-state index in [1.165, 1.54) is 16.7 Å². The van der Waals surface area contributed by atoms with Gasteiger partial charge in [-0.05, 0) is 18.9 Å². The van der Waals surface area contributed by atoms with Crippen molar-refractivity contribution in [2.75, 3.05) is 18.2 Å². The highest BCUT2D eigenvalue weighted by Crippen LogP contribution is 2.22. The van der Waals surface area contributed by atoms with Crippen LogP contribution < -0.4 is 5.73 Å². The number of aliphatic carboxylic acids is 1. The van der Waals surface area contributed by atoms with Gasteiger partial charge >= 0.3 is 5.97 Å². The molecule has 1 saturated heterocycles. The standard InChI is InChI=1S/C10H18N2O3S/c1-7(4-11)2-3-9(13)12-6-16-5-8(12)10(14)15/h7-8H,2-6,11H2,1H3,(H,14,15)/t7?,8-/m0/s1. The maximum atomic E-state index is 11.8. The van der Waals surface area contributed by atoms with Gasteiger partial charge in [0.15, 0.2) is 0 Å². The normalized spacial score (nSPS) is 22.1. The third-order valence-corrected chi connectivity index (χ3v) is 3.75. The van der Waals surface area contributed by atoms with Gasteiger partial charge in [-0.15, -0.1) is 11.8 Å². The molecule has 0 bridgehead atoms. The summed E-state index contributed by atoms with van der Waals surface area (Å²) in [6.45, 7) is 2.55. The number of carboxylic acids is 1. The summed E-state index contributed by atoms with van der Waals surface area (Å²) in [5.74, 6) is 0.311. The maximum Gasteiger partial charge on any atom is 0.327 e. The summed E-state index contributed by atoms with van der Waals surface area (Å²) in [6.07, 6.45) is 1.12. The Morgan fingerprint density at radius 2 is 2.31 bits per heavy atom. The number of nitrogens with two attached hydrogens (primary N) is 1. The van der Waals surface area contributed by atoms with Crippen LogP contribution >= 0.6 is 11.8 Å². The Labute approximate surface area is 99.4 Å². The molecule has 6 heteroatoms. The van der Waals surface area contributed by atoms with E-state index in [0.717, 1.165) is 6.42 Å². The van der Waals surface area contributed by atoms with Gasteiger partial charge in [-0.2, -0.15) is 0 Å². The predicted molar refractivity (Wildman–Crippen MR) is 63.0 cm³/mol. The molecule has 1 heterocycles. The van der Waals surface area contributed by atoms with Gasteiger partial charge in [0.1, 0.15) is 6.04 Å². The molecule has 0 aromatic rings. The van der Waals surface area contributed by atoms with Crippen molar-refractivity contribution in [3.8, 4) is 0 Å². The molecule has 1 aliphatic heterocycles. The molecule has 0 aromatic heterocycles. The van der Waals surface area contributed by atoms with Crippen molar-refractivity contribution in [1.82, 2.24) is 4.90 Å². The van der Waals surface area contributed by atoms with Crippen molar-refractivity contribution in [2.45, 2.75) is 25.8 Å². The van der Waals surface area contributed by atoms with Gasteiger partial charge in [-0.1, -0.05) is 6.92 Å². The fourth-order valence-electron chi connectivity index (χ4n) is 1.52. The summed E-state index contributed by atoms with van der Waals surface area (Å²) in [4.78, 5) is 24.1. The fraction of sp³-hybridized carbons (Fsp3) is 0.800. The molecule has 0 radical (unpaired) electrons. The molecule has 3 N–H and O–H groups in total. The summed E-state index contributed by atoms with van der Waals surface area (Å²) < 4.78 is 0. The van der Waals surface area contributed by atoms with Crippen molar-refractivity contribution in [2.24, 2.45) is 11.7 Å². The summed E-state index contributed by atoms with van der Waals surface area (Å²) in [5, 5.41) is 8.93. The lowest BCUT2D eigenvalue weighted by Crippen LogP contribution is -2.41. The van der Waals surface area contributed by atoms with E-state index in [2.05, 4.69) is 0 Å². The number of carbonyl (C=O) groups is 2. The molecule has 2 atom stereocenters. The van der Waals surface area contributed by atoms with Gasteiger partial charge in [0.25, 0.3) is 0 Å². The van der Waals surface area contributed by atoms with E-state index in [4.69, 9.17) is 10.8 Å². The number of carboxylic acid groups (broad SMARTS) is 1. The number of hydrogen-bond acceptors (Lipinski definition) is 4. The van der Waals surface area contributed by atoms with Gasteiger partial charge < -0.3 is 15.7 Å². The van der Waals surface area contributed by atoms with E-state index < -0.39 is 12.0 Å². The zero-order valence-electron chi connectivity index (χ0n) is 9.39. The SMILES string of the molecule is CC(CN)CCC(=O)N1CSC[C@H]1C(=O)O. The van der Waals surface area contributed by atoms with Gasteiger partial charge in [-0.25, -0.2) is 4.79 Å². The highest BCUT2D eigenvalue weighted by Gasteiger charge is 2.34. The highest BCUT2D eigenvalue weighted by atomic mass is 32.2. The molecule has 16 heavy (non-hydrogen) atoms. The van der Waals surface area contributed by atoms with Crippen LogP contribution in [0.4, 0.5) is 0 Å². The summed E-state index contributed by atoms with van der Waals surface area (Å²) in [7, 11) is 0. The van der Waals surface area contributed by atoms with Gasteiger partial charge in [-0.3, -0.25) is 4.79 Å². The van der Waals surface area contributed by atoms with Crippen LogP contribution in [-0.4, -0.2) is 46.1 Å². The van der Waals surface area contributed by atoms with Gasteiger partial charge in [0, 0.05) is 12.2 Å². The quantitative estimate of drug-likeness (QED) is 0.731. The van der Waals surface area contributed by atoms with Crippen molar-refractivity contribution < 1.29 is 14.7 Å². The molecule has 1 aliphatic rings. The molecule has 1 rings (SSSR count). The molecular formula is C10H18N2O3S. The monoisotopic (exact) mass is 246 g/mol. The van der Waals surface area contributed by atoms with Crippen LogP contribution in [0.3, 0.4) is 0 Å². The second-order valence-electron chi connectivity index (χ2n) is 4.10. The minimum Gasteiger partial charge on any atom is -0.480 e. The Morgan fingerprint density at radius 1 is 1.62 bits per heavy atom. The number of carbonyl (C=O) groups excluding carboxylic acids is 1. The minimum absolute atomic E-state index is 0.0716. The van der Waals surface area contributed by atoms with E-state index in [9.17, 15) is 9.59 Å². The van der Waals surface area contributed by atoms with Crippen LogP contribution in [0.2, 0.25) is 0 Å². The minimum atomic E-state index is -0.912. The van der Waals surface area contributed by atoms with Crippen LogP contribution in [0.15, 0.2) is 0 Å². The summed E-state index contributed by atoms with van der Waals surface area (Å²) >= 11 is 1.49. The average molecular weight is 246 g/mol. The molecule has 0 spiro atoms. The van der Waals surface area contributed by atoms with Gasteiger partial charge in [0.05, 0.1) is 5.88 Å². The van der Waals surface area contributed by atoms with Crippen LogP contribution in [0.5, 0.6) is 0 Å². The topological polar surface area (TPSA) is 83.6 Å². The van der Waals surface area contributed by atoms with Crippen LogP contribution in [0.1, 0.15) is 19.8 Å². The average Bonchev–Trinajstić information content (AvgIpc) is 2.74. The molecule has 92 valence electrons. The van der Waals surface area contributed by atoms with Gasteiger partial charge in [0.2, 0.25) is 5.91 Å². The second kappa shape index (κ2) is 6.10. The number of rotatable bonds is 5. The first-order valence-corrected chi connectivity index (χ1v) is 6.51. The first-order valence-electron chi connectivity index (χ1n) is 5.36. The van der Waals surface area contributed by atoms with Crippen LogP contribution in [0.25, 0.3) is 0 Å². The zero-order chi connectivity index (χ0) is 12.1. The number of nitrogens with zero attached hydrogens (tertiary/aromatic N) is 1. The number of thioether (sulfide) groups is 1. The van der Waals surface area contributed by atoms with Crippen LogP contribution in [0, 0.1) is 5.92 Å². The Morgan fingerprint density at radius 3 is 2.88 bits per heavy atom. The van der Waals surface area contributed by atoms with Crippen molar-refractivity contribution in [1.29, 1.82) is 0 Å². The Kier molecular flexibility index (Phi) is 5.08. The number of hydrogen-bond donors (Lipinski definition) is 2. The van der Waals surface area contributed by atoms with Crippen molar-refractivity contribution in [3.63, 3.8) is 0 Å². The summed E-state index contributed by atoms with van der Waals surface area (Å²) in [6, 6.07) is -0.648. The molecule has 0 aliphatic carbocycles. The lowest BCUT2D eigenvalue weighted by molar-refractivity contribution is -0.147. The molecule has 1 unspecified atom stereocenters. The van der Waals surface area contributed by atoms with E-state index in [1.807, 2.05) is 6.92 Å². The Bertz CT molecular complexity index is 273. The molecule has 0 saturated carbocycles. The van der Waals surface area contributed by atoms with Crippen LogP contribution in [-0.2, 0) is 9.59 Å². The third-order valence-electron chi connectivity index (χ3n) is 2.74. The second-order valence-corrected chi connectivity index (χ2v) is 5.10. The lowest BCUT2D eigenvalue weighted by Gasteiger charge is -2.21. The molecule has 1 fully saturated rings. The molecule has 1 amide bonds. The Hall–Kier alpha value is -0.750. The zero-order valence-corrected chi connectivity index (χ0v) is 10.2. The number of amides is 1. The molecule has 5 nitrogen and oxygen atoms in total. The predicted octanol–water partition coefficient (Wildman–Crippen LogP) is 0.347. The lowest BCUT2D eigenvalue weighted by atomic mass is 10.1. The van der Waals surface area contributed by atoms with E-state index in [1.54, 1.807) is 0 Å². The third kappa shape index (κ3) is 3.38. The molecular weight excluding hydrogens is 228 g/mol. The summed E-state index contributed by atoms with van der Waals surface area (Å²) in [5.41, 5.74) is 5.46. The smallest absolute Gasteiger partial charge is 0.327 e. The Balaban J connectivity index is 2.44. The van der Waals surface area contributed by atoms with E-state index >= 15 is 0 Å². The largest absolute Gasteiger partial charge is 0.480 e.